The van der Waals surface area contributed by atoms with Gasteiger partial charge in [0.2, 0.25) is 27.7 Å². The average molecular weight is 670 g/mol. The number of sulfonamides is 1. The highest BCUT2D eigenvalue weighted by Gasteiger charge is 2.61. The zero-order valence-electron chi connectivity index (χ0n) is 27.3. The number of pyridine rings is 1. The fraction of sp³-hybridized carbons (Fsp3) is 0.559. The number of carbonyl (C=O) groups is 4. The first-order valence-electron chi connectivity index (χ1n) is 15.9. The summed E-state index contributed by atoms with van der Waals surface area (Å²) in [5.41, 5.74) is -0.430. The first-order valence-corrected chi connectivity index (χ1v) is 17.4. The third-order valence-electron chi connectivity index (χ3n) is 9.55. The number of ether oxygens (including phenoxy) is 2. The Hall–Kier alpha value is -4.00. The Labute approximate surface area is 275 Å². The van der Waals surface area contributed by atoms with Gasteiger partial charge in [-0.15, -0.1) is 6.58 Å². The van der Waals surface area contributed by atoms with Crippen LogP contribution in [0.2, 0.25) is 0 Å². The van der Waals surface area contributed by atoms with Crippen molar-refractivity contribution in [2.75, 3.05) is 20.3 Å². The zero-order valence-corrected chi connectivity index (χ0v) is 28.1. The fourth-order valence-corrected chi connectivity index (χ4v) is 7.77. The Kier molecular flexibility index (Phi) is 9.68. The monoisotopic (exact) mass is 669 g/mol. The number of Topliss-reactive ketones (excluding diaryl/α,β-unsaturated/α-hetero) is 1. The predicted octanol–water partition coefficient (Wildman–Crippen LogP) is 3.92. The van der Waals surface area contributed by atoms with Crippen LogP contribution in [-0.2, 0) is 33.9 Å². The molecule has 3 heterocycles. The van der Waals surface area contributed by atoms with E-state index in [9.17, 15) is 27.6 Å². The summed E-state index contributed by atoms with van der Waals surface area (Å²) in [6.07, 6.45) is 5.82. The van der Waals surface area contributed by atoms with E-state index in [1.807, 2.05) is 32.9 Å². The van der Waals surface area contributed by atoms with Crippen LogP contribution < -0.4 is 9.46 Å². The Morgan fingerprint density at radius 2 is 1.96 bits per heavy atom. The van der Waals surface area contributed by atoms with Crippen LogP contribution in [0.3, 0.4) is 0 Å². The molecule has 2 aromatic heterocycles. The molecule has 0 radical (unpaired) electrons. The van der Waals surface area contributed by atoms with E-state index in [2.05, 4.69) is 16.3 Å². The molecule has 3 fully saturated rings. The molecule has 5 atom stereocenters. The molecule has 2 aliphatic carbocycles. The molecular weight excluding hydrogens is 626 g/mol. The van der Waals surface area contributed by atoms with Gasteiger partial charge >= 0.3 is 5.97 Å². The number of nitrogens with zero attached hydrogens (tertiary/aromatic N) is 2. The number of hydrogen-bond acceptors (Lipinski definition) is 10. The van der Waals surface area contributed by atoms with E-state index in [-0.39, 0.29) is 62.4 Å². The number of hydrogen-bond donors (Lipinski definition) is 1. The van der Waals surface area contributed by atoms with Crippen molar-refractivity contribution in [3.8, 4) is 17.1 Å². The molecule has 1 saturated heterocycles. The molecule has 1 N–H and O–H groups in total. The number of amides is 2. The molecular formula is C34H43N3O9S. The van der Waals surface area contributed by atoms with E-state index in [0.29, 0.717) is 24.4 Å². The topological polar surface area (TPSA) is 162 Å². The molecule has 1 unspecified atom stereocenters. The molecule has 254 valence electrons. The second-order valence-electron chi connectivity index (χ2n) is 14.0. The molecule has 5 rings (SSSR count). The van der Waals surface area contributed by atoms with Gasteiger partial charge in [0.15, 0.2) is 5.78 Å². The van der Waals surface area contributed by atoms with Crippen molar-refractivity contribution in [1.29, 1.82) is 0 Å². The van der Waals surface area contributed by atoms with Crippen molar-refractivity contribution in [2.24, 2.45) is 28.6 Å². The van der Waals surface area contributed by atoms with Crippen LogP contribution in [0.1, 0.15) is 59.3 Å². The lowest BCUT2D eigenvalue weighted by Crippen LogP contribution is -2.48. The van der Waals surface area contributed by atoms with Gasteiger partial charge in [-0.3, -0.25) is 23.9 Å². The Morgan fingerprint density at radius 3 is 2.55 bits per heavy atom. The van der Waals surface area contributed by atoms with E-state index in [1.54, 1.807) is 30.7 Å². The number of aromatic nitrogens is 1. The summed E-state index contributed by atoms with van der Waals surface area (Å²) in [4.78, 5) is 60.1. The quantitative estimate of drug-likeness (QED) is 0.231. The summed E-state index contributed by atoms with van der Waals surface area (Å²) >= 11 is 0. The SMILES string of the molecule is C=CC1C[C@]1(CC(=O)[C@@H]1C[C@@H](COc2cccc(-c3ccoc3)n2)CN1C(=O)[C@@H](CC(=O)OC)C(C)(C)C)C(=O)NS(=O)(=O)C1CC1. The lowest BCUT2D eigenvalue weighted by Gasteiger charge is -2.35. The molecule has 0 spiro atoms. The number of ketones is 1. The summed E-state index contributed by atoms with van der Waals surface area (Å²) in [7, 11) is -2.56. The highest BCUT2D eigenvalue weighted by molar-refractivity contribution is 7.90. The molecule has 12 nitrogen and oxygen atoms in total. The summed E-state index contributed by atoms with van der Waals surface area (Å²) in [6.45, 7) is 9.69. The summed E-state index contributed by atoms with van der Waals surface area (Å²) in [5, 5.41) is -0.595. The molecule has 13 heteroatoms. The minimum absolute atomic E-state index is 0.160. The standard InChI is InChI=1S/C34H43N3O9S/c1-6-23-16-34(23,32(41)36-47(42,43)24-10-11-24)17-28(38)27-14-21(18-37(27)31(40)25(33(2,3)4)15-30(39)44-5)19-46-29-9-7-8-26(35-29)22-12-13-45-20-22/h6-9,12-13,20-21,23-25,27H,1,10-11,14-19H2,2-5H3,(H,36,41)/t21-,23?,25-,27+,34-/m1/s1. The minimum atomic E-state index is -3.82. The second kappa shape index (κ2) is 13.2. The Bertz CT molecular complexity index is 1630. The normalized spacial score (nSPS) is 24.7. The number of likely N-dealkylation sites (tertiary alicyclic amines) is 1. The van der Waals surface area contributed by atoms with Crippen LogP contribution in [0.15, 0.2) is 53.9 Å². The third-order valence-corrected chi connectivity index (χ3v) is 11.4. The molecule has 2 amide bonds. The summed E-state index contributed by atoms with van der Waals surface area (Å²) in [5.74, 6) is -3.01. The predicted molar refractivity (Wildman–Crippen MR) is 171 cm³/mol. The van der Waals surface area contributed by atoms with Crippen molar-refractivity contribution in [3.05, 3.63) is 49.4 Å². The Morgan fingerprint density at radius 1 is 1.21 bits per heavy atom. The van der Waals surface area contributed by atoms with Crippen molar-refractivity contribution < 1.29 is 41.5 Å². The third kappa shape index (κ3) is 7.61. The van der Waals surface area contributed by atoms with Gasteiger partial charge in [-0.2, -0.15) is 0 Å². The van der Waals surface area contributed by atoms with E-state index in [0.717, 1.165) is 5.56 Å². The highest BCUT2D eigenvalue weighted by Crippen LogP contribution is 2.57. The fourth-order valence-electron chi connectivity index (χ4n) is 6.38. The highest BCUT2D eigenvalue weighted by atomic mass is 32.2. The van der Waals surface area contributed by atoms with Gasteiger partial charge in [-0.1, -0.05) is 32.9 Å². The second-order valence-corrected chi connectivity index (χ2v) is 16.0. The van der Waals surface area contributed by atoms with Gasteiger partial charge in [-0.05, 0) is 49.1 Å². The largest absolute Gasteiger partial charge is 0.477 e. The van der Waals surface area contributed by atoms with Gasteiger partial charge in [0, 0.05) is 30.5 Å². The van der Waals surface area contributed by atoms with Gasteiger partial charge in [0.1, 0.15) is 0 Å². The maximum atomic E-state index is 14.2. The van der Waals surface area contributed by atoms with Crippen LogP contribution in [0, 0.1) is 28.6 Å². The van der Waals surface area contributed by atoms with Gasteiger partial charge in [0.25, 0.3) is 0 Å². The Balaban J connectivity index is 1.36. The van der Waals surface area contributed by atoms with Crippen LogP contribution in [0.25, 0.3) is 11.3 Å². The number of esters is 1. The lowest BCUT2D eigenvalue weighted by atomic mass is 9.77. The molecule has 0 aromatic carbocycles. The van der Waals surface area contributed by atoms with Crippen molar-refractivity contribution in [1.82, 2.24) is 14.6 Å². The van der Waals surface area contributed by atoms with Crippen LogP contribution in [-0.4, -0.2) is 73.4 Å². The van der Waals surface area contributed by atoms with Gasteiger partial charge < -0.3 is 18.8 Å². The first kappa shape index (κ1) is 34.3. The van der Waals surface area contributed by atoms with E-state index in [4.69, 9.17) is 13.9 Å². The van der Waals surface area contributed by atoms with Crippen LogP contribution >= 0.6 is 0 Å². The molecule has 1 aliphatic heterocycles. The number of nitrogens with one attached hydrogen (secondary N) is 1. The van der Waals surface area contributed by atoms with Crippen LogP contribution in [0.5, 0.6) is 5.88 Å². The molecule has 2 aromatic rings. The van der Waals surface area contributed by atoms with Crippen molar-refractivity contribution in [3.63, 3.8) is 0 Å². The maximum absolute atomic E-state index is 14.2. The zero-order chi connectivity index (χ0) is 34.1. The molecule has 0 bridgehead atoms. The number of allylic oxidation sites excluding steroid dienone is 1. The summed E-state index contributed by atoms with van der Waals surface area (Å²) < 4.78 is 43.5. The summed E-state index contributed by atoms with van der Waals surface area (Å²) in [6, 6.07) is 6.23. The number of furan rings is 1. The molecule has 2 saturated carbocycles. The van der Waals surface area contributed by atoms with E-state index in [1.165, 1.54) is 12.0 Å². The number of rotatable bonds is 14. The molecule has 47 heavy (non-hydrogen) atoms. The first-order chi connectivity index (χ1) is 22.2. The smallest absolute Gasteiger partial charge is 0.306 e. The maximum Gasteiger partial charge on any atom is 0.306 e. The van der Waals surface area contributed by atoms with E-state index >= 15 is 0 Å². The van der Waals surface area contributed by atoms with Gasteiger partial charge in [-0.25, -0.2) is 13.4 Å². The number of methoxy groups -OCH3 is 1. The lowest BCUT2D eigenvalue weighted by molar-refractivity contribution is -0.151. The average Bonchev–Trinajstić information content (AvgIpc) is 3.89. The van der Waals surface area contributed by atoms with Crippen LogP contribution in [0.4, 0.5) is 0 Å². The van der Waals surface area contributed by atoms with Crippen molar-refractivity contribution >= 4 is 33.6 Å². The molecule has 3 aliphatic rings. The number of carbonyl (C=O) groups excluding carboxylic acids is 4. The van der Waals surface area contributed by atoms with E-state index < -0.39 is 49.9 Å². The minimum Gasteiger partial charge on any atom is -0.477 e. The van der Waals surface area contributed by atoms with Gasteiger partial charge in [0.05, 0.1) is 61.0 Å². The van der Waals surface area contributed by atoms with Crippen molar-refractivity contribution in [2.45, 2.75) is 70.6 Å².